The van der Waals surface area contributed by atoms with Gasteiger partial charge in [-0.05, 0) is 31.5 Å². The zero-order valence-corrected chi connectivity index (χ0v) is 8.89. The Morgan fingerprint density at radius 3 is 2.50 bits per heavy atom. The minimum Gasteiger partial charge on any atom is -0.315 e. The first-order valence-corrected chi connectivity index (χ1v) is 5.17. The molecular weight excluding hydrogens is 194 g/mol. The Bertz CT molecular complexity index is 454. The molecule has 0 saturated heterocycles. The zero-order valence-electron chi connectivity index (χ0n) is 8.07. The van der Waals surface area contributed by atoms with Crippen LogP contribution in [0, 0.1) is 13.8 Å². The molecule has 2 aromatic heterocycles. The molecule has 0 amide bonds. The van der Waals surface area contributed by atoms with Crippen molar-refractivity contribution in [3.63, 3.8) is 0 Å². The Kier molecular flexibility index (Phi) is 2.25. The van der Waals surface area contributed by atoms with E-state index in [1.54, 1.807) is 11.3 Å². The quantitative estimate of drug-likeness (QED) is 0.737. The van der Waals surface area contributed by atoms with Crippen LogP contribution in [-0.2, 0) is 4.79 Å². The van der Waals surface area contributed by atoms with Crippen molar-refractivity contribution in [3.8, 4) is 5.00 Å². The van der Waals surface area contributed by atoms with Gasteiger partial charge in [0.2, 0.25) is 6.29 Å². The lowest BCUT2D eigenvalue weighted by Crippen LogP contribution is -1.92. The molecule has 2 nitrogen and oxygen atoms in total. The van der Waals surface area contributed by atoms with Crippen LogP contribution in [0.3, 0.4) is 0 Å². The van der Waals surface area contributed by atoms with E-state index in [1.807, 2.05) is 49.2 Å². The largest absolute Gasteiger partial charge is 0.315 e. The summed E-state index contributed by atoms with van der Waals surface area (Å²) in [7, 11) is 0. The van der Waals surface area contributed by atoms with Gasteiger partial charge in [0.1, 0.15) is 5.00 Å². The summed E-state index contributed by atoms with van der Waals surface area (Å²) in [6.07, 6.45) is 5.88. The number of nitrogens with zero attached hydrogens (tertiary/aromatic N) is 1. The van der Waals surface area contributed by atoms with Crippen LogP contribution in [0.25, 0.3) is 5.00 Å². The average Bonchev–Trinajstić information content (AvgIpc) is 2.76. The van der Waals surface area contributed by atoms with E-state index in [4.69, 9.17) is 0 Å². The molecule has 2 rings (SSSR count). The lowest BCUT2D eigenvalue weighted by Gasteiger charge is -1.98. The molecule has 0 unspecified atom stereocenters. The molecule has 14 heavy (non-hydrogen) atoms. The second-order valence-electron chi connectivity index (χ2n) is 3.16. The molecule has 2 aromatic rings. The van der Waals surface area contributed by atoms with Crippen molar-refractivity contribution in [3.05, 3.63) is 40.5 Å². The van der Waals surface area contributed by atoms with Crippen LogP contribution in [-0.4, -0.2) is 10.9 Å². The van der Waals surface area contributed by atoms with Crippen molar-refractivity contribution in [2.24, 2.45) is 0 Å². The number of hydrogen-bond acceptors (Lipinski definition) is 2. The van der Waals surface area contributed by atoms with Crippen molar-refractivity contribution >= 4 is 17.6 Å². The zero-order chi connectivity index (χ0) is 10.1. The summed E-state index contributed by atoms with van der Waals surface area (Å²) < 4.78 is 1.95. The van der Waals surface area contributed by atoms with Crippen LogP contribution in [0.2, 0.25) is 0 Å². The van der Waals surface area contributed by atoms with E-state index in [-0.39, 0.29) is 0 Å². The van der Waals surface area contributed by atoms with Gasteiger partial charge in [-0.1, -0.05) is 0 Å². The first-order chi connectivity index (χ1) is 6.74. The molecule has 71 valence electrons. The van der Waals surface area contributed by atoms with Gasteiger partial charge in [0.25, 0.3) is 0 Å². The van der Waals surface area contributed by atoms with Gasteiger partial charge in [-0.2, -0.15) is 0 Å². The molecule has 0 N–H and O–H groups in total. The van der Waals surface area contributed by atoms with Gasteiger partial charge >= 0.3 is 0 Å². The highest BCUT2D eigenvalue weighted by molar-refractivity contribution is 7.15. The number of rotatable bonds is 2. The second-order valence-corrected chi connectivity index (χ2v) is 4.36. The van der Waals surface area contributed by atoms with E-state index in [2.05, 4.69) is 0 Å². The Morgan fingerprint density at radius 2 is 1.93 bits per heavy atom. The second kappa shape index (κ2) is 3.42. The average molecular weight is 204 g/mol. The predicted octanol–water partition coefficient (Wildman–Crippen LogP) is 2.61. The molecule has 2 heterocycles. The maximum absolute atomic E-state index is 10.8. The predicted molar refractivity (Wildman–Crippen MR) is 57.9 cm³/mol. The minimum atomic E-state index is 0.684. The van der Waals surface area contributed by atoms with Crippen LogP contribution >= 0.6 is 11.3 Å². The molecule has 0 bridgehead atoms. The van der Waals surface area contributed by atoms with Gasteiger partial charge in [0.15, 0.2) is 0 Å². The Morgan fingerprint density at radius 1 is 1.29 bits per heavy atom. The van der Waals surface area contributed by atoms with Gasteiger partial charge in [-0.15, -0.1) is 11.3 Å². The van der Waals surface area contributed by atoms with Gasteiger partial charge in [-0.3, -0.25) is 4.79 Å². The molecule has 0 spiro atoms. The molecule has 0 fully saturated rings. The van der Waals surface area contributed by atoms with Crippen molar-refractivity contribution < 1.29 is 4.79 Å². The maximum atomic E-state index is 10.8. The Balaban J connectivity index is 2.64. The third kappa shape index (κ3) is 1.30. The fourth-order valence-electron chi connectivity index (χ4n) is 1.38. The molecule has 0 aliphatic carbocycles. The van der Waals surface area contributed by atoms with E-state index in [0.717, 1.165) is 10.6 Å². The van der Waals surface area contributed by atoms with Crippen LogP contribution in [0.1, 0.15) is 16.0 Å². The van der Waals surface area contributed by atoms with Crippen LogP contribution in [0.4, 0.5) is 0 Å². The van der Waals surface area contributed by atoms with Gasteiger partial charge in [0.05, 0.1) is 5.56 Å². The van der Waals surface area contributed by atoms with Crippen molar-refractivity contribution in [1.29, 1.82) is 0 Å². The van der Waals surface area contributed by atoms with Crippen molar-refractivity contribution in [2.75, 3.05) is 0 Å². The van der Waals surface area contributed by atoms with Crippen LogP contribution < -0.4 is 0 Å². The highest BCUT2D eigenvalue weighted by Gasteiger charge is 2.13. The van der Waals surface area contributed by atoms with Gasteiger partial charge < -0.3 is 4.57 Å². The maximum Gasteiger partial charge on any atom is 0.236 e. The molecule has 0 aliphatic rings. The first-order valence-electron chi connectivity index (χ1n) is 4.35. The summed E-state index contributed by atoms with van der Waals surface area (Å²) in [5, 5.41) is 0.958. The Labute approximate surface area is 86.8 Å². The van der Waals surface area contributed by atoms with Crippen LogP contribution in [0.15, 0.2) is 24.5 Å². The summed E-state index contributed by atoms with van der Waals surface area (Å²) >= 11 is 1.62. The highest BCUT2D eigenvalue weighted by atomic mass is 32.1. The summed E-state index contributed by atoms with van der Waals surface area (Å²) in [6.45, 7) is 3.98. The van der Waals surface area contributed by atoms with Crippen molar-refractivity contribution in [2.45, 2.75) is 13.8 Å². The summed E-state index contributed by atoms with van der Waals surface area (Å²) in [6, 6.07) is 3.89. The summed E-state index contributed by atoms with van der Waals surface area (Å²) in [5.41, 5.74) is 1.72. The third-order valence-corrected chi connectivity index (χ3v) is 3.53. The topological polar surface area (TPSA) is 22.0 Å². The summed E-state index contributed by atoms with van der Waals surface area (Å²) in [4.78, 5) is 12.0. The number of thiophene rings is 1. The van der Waals surface area contributed by atoms with E-state index in [9.17, 15) is 4.79 Å². The lowest BCUT2D eigenvalue weighted by molar-refractivity contribution is 0.562. The van der Waals surface area contributed by atoms with E-state index in [1.165, 1.54) is 4.88 Å². The smallest absolute Gasteiger partial charge is 0.236 e. The number of aryl methyl sites for hydroxylation is 1. The summed E-state index contributed by atoms with van der Waals surface area (Å²) in [5.74, 6) is 0. The van der Waals surface area contributed by atoms with Crippen molar-refractivity contribution in [1.82, 2.24) is 4.57 Å². The monoisotopic (exact) mass is 204 g/mol. The van der Waals surface area contributed by atoms with Gasteiger partial charge in [0, 0.05) is 17.3 Å². The molecule has 0 aromatic carbocycles. The molecule has 0 saturated carbocycles. The first kappa shape index (κ1) is 9.21. The SMILES string of the molecule is Cc1sc(-n2cccc2)c([C]=O)c1C. The molecular formula is C11H10NOS. The van der Waals surface area contributed by atoms with Gasteiger partial charge in [-0.25, -0.2) is 0 Å². The fourth-order valence-corrected chi connectivity index (χ4v) is 2.45. The number of carbonyl (C=O) groups excluding carboxylic acids is 1. The molecule has 3 heteroatoms. The van der Waals surface area contributed by atoms with Crippen LogP contribution in [0.5, 0.6) is 0 Å². The molecule has 0 atom stereocenters. The highest BCUT2D eigenvalue weighted by Crippen LogP contribution is 2.29. The number of aromatic nitrogens is 1. The molecule has 1 radical (unpaired) electrons. The minimum absolute atomic E-state index is 0.684. The van der Waals surface area contributed by atoms with E-state index < -0.39 is 0 Å². The van der Waals surface area contributed by atoms with E-state index >= 15 is 0 Å². The normalized spacial score (nSPS) is 10.4. The Hall–Kier alpha value is -1.35. The fraction of sp³-hybridized carbons (Fsp3) is 0.182. The number of hydrogen-bond donors (Lipinski definition) is 0. The van der Waals surface area contributed by atoms with E-state index in [0.29, 0.717) is 5.56 Å². The lowest BCUT2D eigenvalue weighted by atomic mass is 10.2. The standard InChI is InChI=1S/C11H10NOS/c1-8-9(2)14-11(10(8)7-13)12-5-3-4-6-12/h3-6H,1-2H3. The third-order valence-electron chi connectivity index (χ3n) is 2.31. The molecule has 0 aliphatic heterocycles.